The van der Waals surface area contributed by atoms with Crippen molar-refractivity contribution in [2.75, 3.05) is 0 Å². The SMILES string of the molecule is CC.CC.CC(C)C1CCCCCC1.CC1C2CCCCC2CC2CCCCC21. The van der Waals surface area contributed by atoms with E-state index in [2.05, 4.69) is 20.8 Å². The van der Waals surface area contributed by atoms with Gasteiger partial charge in [0.05, 0.1) is 0 Å². The molecular weight excluding hydrogens is 348 g/mol. The largest absolute Gasteiger partial charge is 0.0683 e. The minimum atomic E-state index is 0.929. The summed E-state index contributed by atoms with van der Waals surface area (Å²) in [5.41, 5.74) is 0. The molecule has 0 aromatic rings. The van der Waals surface area contributed by atoms with Crippen molar-refractivity contribution in [3.8, 4) is 0 Å². The zero-order valence-corrected chi connectivity index (χ0v) is 21.6. The van der Waals surface area contributed by atoms with Crippen LogP contribution in [0.2, 0.25) is 0 Å². The summed E-state index contributed by atoms with van der Waals surface area (Å²) in [7, 11) is 0. The predicted molar refractivity (Wildman–Crippen MR) is 133 cm³/mol. The fraction of sp³-hybridized carbons (Fsp3) is 1.00. The Morgan fingerprint density at radius 1 is 0.517 bits per heavy atom. The molecule has 0 bridgehead atoms. The lowest BCUT2D eigenvalue weighted by atomic mass is 9.55. The van der Waals surface area contributed by atoms with Gasteiger partial charge in [0.15, 0.2) is 0 Å². The molecule has 0 spiro atoms. The van der Waals surface area contributed by atoms with E-state index in [1.165, 1.54) is 64.2 Å². The van der Waals surface area contributed by atoms with Gasteiger partial charge in [0, 0.05) is 0 Å². The minimum Gasteiger partial charge on any atom is -0.0683 e. The van der Waals surface area contributed by atoms with Crippen molar-refractivity contribution in [3.05, 3.63) is 0 Å². The van der Waals surface area contributed by atoms with Crippen LogP contribution < -0.4 is 0 Å². The van der Waals surface area contributed by atoms with Crippen LogP contribution >= 0.6 is 0 Å². The lowest BCUT2D eigenvalue weighted by Gasteiger charge is -2.50. The maximum Gasteiger partial charge on any atom is -0.0357 e. The van der Waals surface area contributed by atoms with Crippen LogP contribution in [0.15, 0.2) is 0 Å². The van der Waals surface area contributed by atoms with Gasteiger partial charge in [-0.3, -0.25) is 0 Å². The first kappa shape index (κ1) is 27.0. The molecule has 4 fully saturated rings. The number of rotatable bonds is 1. The Hall–Kier alpha value is 0. The Kier molecular flexibility index (Phi) is 14.7. The average Bonchev–Trinajstić information content (AvgIpc) is 3.07. The Balaban J connectivity index is 0.000000263. The van der Waals surface area contributed by atoms with Gasteiger partial charge in [-0.05, 0) is 60.7 Å². The smallest absolute Gasteiger partial charge is 0.0357 e. The van der Waals surface area contributed by atoms with Crippen molar-refractivity contribution in [3.63, 3.8) is 0 Å². The minimum absolute atomic E-state index is 0.929. The molecule has 0 N–H and O–H groups in total. The summed E-state index contributed by atoms with van der Waals surface area (Å²) in [5.74, 6) is 7.55. The molecular formula is C29H58. The highest BCUT2D eigenvalue weighted by atomic mass is 14.5. The summed E-state index contributed by atoms with van der Waals surface area (Å²) < 4.78 is 0. The van der Waals surface area contributed by atoms with Gasteiger partial charge >= 0.3 is 0 Å². The van der Waals surface area contributed by atoms with Gasteiger partial charge in [0.25, 0.3) is 0 Å². The van der Waals surface area contributed by atoms with E-state index in [9.17, 15) is 0 Å². The van der Waals surface area contributed by atoms with Crippen molar-refractivity contribution in [2.45, 2.75) is 145 Å². The maximum absolute atomic E-state index is 2.59. The molecule has 0 heterocycles. The molecule has 0 aliphatic heterocycles. The van der Waals surface area contributed by atoms with Crippen LogP contribution in [0, 0.1) is 41.4 Å². The van der Waals surface area contributed by atoms with E-state index in [0.717, 1.165) is 41.4 Å². The first-order chi connectivity index (χ1) is 14.2. The van der Waals surface area contributed by atoms with E-state index in [1.807, 2.05) is 27.7 Å². The summed E-state index contributed by atoms with van der Waals surface area (Å²) in [6, 6.07) is 0. The molecule has 29 heavy (non-hydrogen) atoms. The number of fused-ring (bicyclic) bond motifs is 2. The Bertz CT molecular complexity index is 340. The highest BCUT2D eigenvalue weighted by molar-refractivity contribution is 4.93. The molecule has 174 valence electrons. The van der Waals surface area contributed by atoms with Crippen molar-refractivity contribution in [1.82, 2.24) is 0 Å². The highest BCUT2D eigenvalue weighted by Gasteiger charge is 2.43. The Labute approximate surface area is 186 Å². The normalized spacial score (nSPS) is 34.6. The van der Waals surface area contributed by atoms with Crippen molar-refractivity contribution >= 4 is 0 Å². The second-order valence-corrected chi connectivity index (χ2v) is 10.5. The van der Waals surface area contributed by atoms with E-state index >= 15 is 0 Å². The summed E-state index contributed by atoms with van der Waals surface area (Å²) in [4.78, 5) is 0. The van der Waals surface area contributed by atoms with Gasteiger partial charge in [0.1, 0.15) is 0 Å². The summed E-state index contributed by atoms with van der Waals surface area (Å²) in [6.45, 7) is 15.3. The second-order valence-electron chi connectivity index (χ2n) is 10.5. The fourth-order valence-electron chi connectivity index (χ4n) is 7.13. The van der Waals surface area contributed by atoms with Gasteiger partial charge < -0.3 is 0 Å². The fourth-order valence-corrected chi connectivity index (χ4v) is 7.13. The average molecular weight is 407 g/mol. The second kappa shape index (κ2) is 15.8. The van der Waals surface area contributed by atoms with Gasteiger partial charge in [0.2, 0.25) is 0 Å². The number of hydrogen-bond donors (Lipinski definition) is 0. The van der Waals surface area contributed by atoms with Crippen LogP contribution in [0.4, 0.5) is 0 Å². The molecule has 0 heteroatoms. The van der Waals surface area contributed by atoms with Gasteiger partial charge in [-0.25, -0.2) is 0 Å². The molecule has 0 saturated heterocycles. The molecule has 4 atom stereocenters. The first-order valence-corrected chi connectivity index (χ1v) is 14.2. The van der Waals surface area contributed by atoms with Crippen molar-refractivity contribution in [1.29, 1.82) is 0 Å². The van der Waals surface area contributed by atoms with Gasteiger partial charge in [-0.2, -0.15) is 0 Å². The highest BCUT2D eigenvalue weighted by Crippen LogP contribution is 2.52. The van der Waals surface area contributed by atoms with E-state index in [-0.39, 0.29) is 0 Å². The van der Waals surface area contributed by atoms with E-state index in [0.29, 0.717) is 0 Å². The van der Waals surface area contributed by atoms with Gasteiger partial charge in [-0.1, -0.05) is 126 Å². The van der Waals surface area contributed by atoms with Crippen LogP contribution in [0.3, 0.4) is 0 Å². The zero-order chi connectivity index (χ0) is 21.6. The van der Waals surface area contributed by atoms with Crippen LogP contribution in [-0.4, -0.2) is 0 Å². The molecule has 0 amide bonds. The van der Waals surface area contributed by atoms with Crippen LogP contribution in [-0.2, 0) is 0 Å². The van der Waals surface area contributed by atoms with Gasteiger partial charge in [-0.15, -0.1) is 0 Å². The first-order valence-electron chi connectivity index (χ1n) is 14.2. The van der Waals surface area contributed by atoms with Crippen LogP contribution in [0.1, 0.15) is 145 Å². The van der Waals surface area contributed by atoms with E-state index < -0.39 is 0 Å². The molecule has 0 nitrogen and oxygen atoms in total. The Morgan fingerprint density at radius 2 is 0.897 bits per heavy atom. The molecule has 4 rings (SSSR count). The van der Waals surface area contributed by atoms with Crippen molar-refractivity contribution in [2.24, 2.45) is 41.4 Å². The number of hydrogen-bond acceptors (Lipinski definition) is 0. The molecule has 0 aromatic carbocycles. The molecule has 4 aliphatic rings. The maximum atomic E-state index is 2.59. The molecule has 4 unspecified atom stereocenters. The van der Waals surface area contributed by atoms with E-state index in [4.69, 9.17) is 0 Å². The molecule has 0 aromatic heterocycles. The third-order valence-electron chi connectivity index (χ3n) is 8.73. The molecule has 0 radical (unpaired) electrons. The standard InChI is InChI=1S/C15H26.C10H20.2C2H6/c1-11-14-8-4-2-6-12(14)10-13-7-3-5-9-15(11)13;1-9(2)10-7-5-3-4-6-8-10;2*1-2/h11-15H,2-10H2,1H3;9-10H,3-8H2,1-2H3;2*1-2H3. The summed E-state index contributed by atoms with van der Waals surface area (Å²) >= 11 is 0. The van der Waals surface area contributed by atoms with Crippen LogP contribution in [0.25, 0.3) is 0 Å². The summed E-state index contributed by atoms with van der Waals surface area (Å²) in [5, 5.41) is 0. The zero-order valence-electron chi connectivity index (χ0n) is 21.6. The summed E-state index contributed by atoms with van der Waals surface area (Å²) in [6.07, 6.45) is 23.0. The Morgan fingerprint density at radius 3 is 1.31 bits per heavy atom. The predicted octanol–water partition coefficient (Wildman–Crippen LogP) is 10.3. The topological polar surface area (TPSA) is 0 Å². The third-order valence-corrected chi connectivity index (χ3v) is 8.73. The molecule has 4 aliphatic carbocycles. The monoisotopic (exact) mass is 406 g/mol. The van der Waals surface area contributed by atoms with Crippen molar-refractivity contribution < 1.29 is 0 Å². The quantitative estimate of drug-likeness (QED) is 0.380. The third kappa shape index (κ3) is 8.57. The van der Waals surface area contributed by atoms with Crippen LogP contribution in [0.5, 0.6) is 0 Å². The molecule has 4 saturated carbocycles. The van der Waals surface area contributed by atoms with E-state index in [1.54, 1.807) is 32.1 Å². The lowest BCUT2D eigenvalue weighted by Crippen LogP contribution is -2.41. The lowest BCUT2D eigenvalue weighted by molar-refractivity contribution is -0.00201.